The molecule has 0 aromatic heterocycles. The molecule has 1 aliphatic heterocycles. The van der Waals surface area contributed by atoms with Crippen LogP contribution < -0.4 is 10.1 Å². The minimum atomic E-state index is -0.427. The molecule has 1 fully saturated rings. The van der Waals surface area contributed by atoms with Crippen molar-refractivity contribution in [2.24, 2.45) is 5.92 Å². The molecule has 5 heteroatoms. The number of hydrogen-bond acceptors (Lipinski definition) is 5. The van der Waals surface area contributed by atoms with Crippen molar-refractivity contribution in [1.82, 2.24) is 10.2 Å². The van der Waals surface area contributed by atoms with E-state index in [4.69, 9.17) is 4.74 Å². The number of piperazine rings is 1. The lowest BCUT2D eigenvalue weighted by atomic mass is 9.94. The molecule has 2 N–H and O–H groups in total. The van der Waals surface area contributed by atoms with Crippen molar-refractivity contribution in [1.29, 1.82) is 0 Å². The minimum Gasteiger partial charge on any atom is -0.504 e. The van der Waals surface area contributed by atoms with Crippen LogP contribution in [0.15, 0.2) is 18.2 Å². The molecule has 22 heavy (non-hydrogen) atoms. The molecule has 0 aliphatic carbocycles. The number of hydrogen-bond donors (Lipinski definition) is 2. The zero-order chi connectivity index (χ0) is 16.1. The van der Waals surface area contributed by atoms with Crippen molar-refractivity contribution < 1.29 is 14.6 Å². The monoisotopic (exact) mass is 306 g/mol. The van der Waals surface area contributed by atoms with Gasteiger partial charge in [-0.25, -0.2) is 0 Å². The summed E-state index contributed by atoms with van der Waals surface area (Å²) in [5, 5.41) is 13.5. The fourth-order valence-electron chi connectivity index (χ4n) is 2.92. The van der Waals surface area contributed by atoms with Crippen LogP contribution in [-0.2, 0) is 4.79 Å². The molecular formula is C17H26N2O3. The molecule has 5 nitrogen and oxygen atoms in total. The van der Waals surface area contributed by atoms with Gasteiger partial charge in [0.05, 0.1) is 0 Å². The van der Waals surface area contributed by atoms with E-state index in [1.165, 1.54) is 6.92 Å². The van der Waals surface area contributed by atoms with Gasteiger partial charge in [0.2, 0.25) is 0 Å². The molecule has 0 saturated carbocycles. The van der Waals surface area contributed by atoms with E-state index < -0.39 is 5.97 Å². The lowest BCUT2D eigenvalue weighted by Crippen LogP contribution is -2.45. The minimum absolute atomic E-state index is 0.0246. The van der Waals surface area contributed by atoms with Gasteiger partial charge in [-0.1, -0.05) is 19.9 Å². The summed E-state index contributed by atoms with van der Waals surface area (Å²) in [6, 6.07) is 5.64. The van der Waals surface area contributed by atoms with Gasteiger partial charge in [-0.3, -0.25) is 9.69 Å². The van der Waals surface area contributed by atoms with E-state index in [1.54, 1.807) is 12.1 Å². The Labute approximate surface area is 132 Å². The normalized spacial score (nSPS) is 17.5. The SMILES string of the molecule is CC(=O)Oc1ccc([C@@H](CC(C)C)N2CCNCC2)cc1O. The van der Waals surface area contributed by atoms with Crippen LogP contribution in [-0.4, -0.2) is 42.2 Å². The summed E-state index contributed by atoms with van der Waals surface area (Å²) in [6.07, 6.45) is 1.03. The van der Waals surface area contributed by atoms with Crippen LogP contribution >= 0.6 is 0 Å². The molecule has 1 aromatic carbocycles. The molecule has 1 aromatic rings. The molecule has 0 radical (unpaired) electrons. The largest absolute Gasteiger partial charge is 0.504 e. The topological polar surface area (TPSA) is 61.8 Å². The van der Waals surface area contributed by atoms with Gasteiger partial charge in [-0.05, 0) is 30.0 Å². The number of benzene rings is 1. The Hall–Kier alpha value is -1.59. The Kier molecular flexibility index (Phi) is 5.80. The molecule has 122 valence electrons. The Morgan fingerprint density at radius 2 is 2.05 bits per heavy atom. The maximum absolute atomic E-state index is 11.0. The van der Waals surface area contributed by atoms with E-state index in [0.29, 0.717) is 5.92 Å². The first-order chi connectivity index (χ1) is 10.5. The molecule has 0 unspecified atom stereocenters. The summed E-state index contributed by atoms with van der Waals surface area (Å²) in [5.41, 5.74) is 1.07. The van der Waals surface area contributed by atoms with Gasteiger partial charge in [-0.2, -0.15) is 0 Å². The standard InChI is InChI=1S/C17H26N2O3/c1-12(2)10-15(19-8-6-18-7-9-19)14-4-5-17(16(21)11-14)22-13(3)20/h4-5,11-12,15,18,21H,6-10H2,1-3H3/t15-/m1/s1. The van der Waals surface area contributed by atoms with Crippen LogP contribution in [0.3, 0.4) is 0 Å². The van der Waals surface area contributed by atoms with Crippen LogP contribution in [0.1, 0.15) is 38.8 Å². The summed E-state index contributed by atoms with van der Waals surface area (Å²) in [5.74, 6) is 0.385. The number of nitrogens with one attached hydrogen (secondary N) is 1. The predicted molar refractivity (Wildman–Crippen MR) is 86.1 cm³/mol. The van der Waals surface area contributed by atoms with Crippen molar-refractivity contribution >= 4 is 5.97 Å². The number of nitrogens with zero attached hydrogens (tertiary/aromatic N) is 1. The third-order valence-corrected chi connectivity index (χ3v) is 3.91. The zero-order valence-corrected chi connectivity index (χ0v) is 13.6. The Morgan fingerprint density at radius 3 is 2.59 bits per heavy atom. The van der Waals surface area contributed by atoms with Gasteiger partial charge in [0, 0.05) is 39.1 Å². The van der Waals surface area contributed by atoms with Crippen LogP contribution in [0.25, 0.3) is 0 Å². The van der Waals surface area contributed by atoms with E-state index >= 15 is 0 Å². The van der Waals surface area contributed by atoms with Gasteiger partial charge in [0.1, 0.15) is 0 Å². The first kappa shape index (κ1) is 16.8. The highest BCUT2D eigenvalue weighted by molar-refractivity contribution is 5.70. The maximum atomic E-state index is 11.0. The molecule has 0 spiro atoms. The summed E-state index contributed by atoms with van der Waals surface area (Å²) >= 11 is 0. The second kappa shape index (κ2) is 7.61. The van der Waals surface area contributed by atoms with E-state index in [-0.39, 0.29) is 17.5 Å². The van der Waals surface area contributed by atoms with Crippen LogP contribution in [0.5, 0.6) is 11.5 Å². The van der Waals surface area contributed by atoms with Crippen molar-refractivity contribution in [3.05, 3.63) is 23.8 Å². The first-order valence-electron chi connectivity index (χ1n) is 7.93. The number of carbonyl (C=O) groups is 1. The zero-order valence-electron chi connectivity index (χ0n) is 13.6. The predicted octanol–water partition coefficient (Wildman–Crippen LogP) is 2.31. The molecule has 0 amide bonds. The lowest BCUT2D eigenvalue weighted by molar-refractivity contribution is -0.132. The first-order valence-corrected chi connectivity index (χ1v) is 7.93. The van der Waals surface area contributed by atoms with Gasteiger partial charge < -0.3 is 15.2 Å². The molecular weight excluding hydrogens is 280 g/mol. The average molecular weight is 306 g/mol. The number of phenolic OH excluding ortho intramolecular Hbond substituents is 1. The summed E-state index contributed by atoms with van der Waals surface area (Å²) < 4.78 is 4.99. The fraction of sp³-hybridized carbons (Fsp3) is 0.588. The van der Waals surface area contributed by atoms with Crippen molar-refractivity contribution in [2.45, 2.75) is 33.2 Å². The maximum Gasteiger partial charge on any atom is 0.308 e. The van der Waals surface area contributed by atoms with E-state index in [2.05, 4.69) is 24.1 Å². The van der Waals surface area contributed by atoms with Gasteiger partial charge in [0.25, 0.3) is 0 Å². The van der Waals surface area contributed by atoms with E-state index in [1.807, 2.05) is 6.07 Å². The highest BCUT2D eigenvalue weighted by Crippen LogP contribution is 2.34. The molecule has 2 rings (SSSR count). The molecule has 0 bridgehead atoms. The summed E-state index contributed by atoms with van der Waals surface area (Å²) in [4.78, 5) is 13.5. The number of carbonyl (C=O) groups excluding carboxylic acids is 1. The second-order valence-corrected chi connectivity index (χ2v) is 6.25. The van der Waals surface area contributed by atoms with Crippen molar-refractivity contribution in [3.8, 4) is 11.5 Å². The Balaban J connectivity index is 2.22. The van der Waals surface area contributed by atoms with E-state index in [9.17, 15) is 9.90 Å². The Bertz CT molecular complexity index is 511. The molecule has 1 aliphatic rings. The second-order valence-electron chi connectivity index (χ2n) is 6.25. The number of rotatable bonds is 5. The molecule has 1 heterocycles. The third kappa shape index (κ3) is 4.45. The summed E-state index contributed by atoms with van der Waals surface area (Å²) in [7, 11) is 0. The number of ether oxygens (including phenoxy) is 1. The van der Waals surface area contributed by atoms with Gasteiger partial charge in [0.15, 0.2) is 11.5 Å². The Morgan fingerprint density at radius 1 is 1.36 bits per heavy atom. The number of esters is 1. The highest BCUT2D eigenvalue weighted by Gasteiger charge is 2.24. The molecule has 1 saturated heterocycles. The van der Waals surface area contributed by atoms with Crippen molar-refractivity contribution in [3.63, 3.8) is 0 Å². The van der Waals surface area contributed by atoms with E-state index in [0.717, 1.165) is 38.2 Å². The van der Waals surface area contributed by atoms with Crippen LogP contribution in [0, 0.1) is 5.92 Å². The molecule has 1 atom stereocenters. The van der Waals surface area contributed by atoms with Gasteiger partial charge >= 0.3 is 5.97 Å². The van der Waals surface area contributed by atoms with Crippen molar-refractivity contribution in [2.75, 3.05) is 26.2 Å². The highest BCUT2D eigenvalue weighted by atomic mass is 16.5. The van der Waals surface area contributed by atoms with Crippen LogP contribution in [0.4, 0.5) is 0 Å². The third-order valence-electron chi connectivity index (χ3n) is 3.91. The smallest absolute Gasteiger partial charge is 0.308 e. The van der Waals surface area contributed by atoms with Crippen LogP contribution in [0.2, 0.25) is 0 Å². The lowest BCUT2D eigenvalue weighted by Gasteiger charge is -2.36. The quantitative estimate of drug-likeness (QED) is 0.646. The number of phenols is 1. The number of aromatic hydroxyl groups is 1. The average Bonchev–Trinajstić information content (AvgIpc) is 2.47. The fourth-order valence-corrected chi connectivity index (χ4v) is 2.92. The van der Waals surface area contributed by atoms with Gasteiger partial charge in [-0.15, -0.1) is 0 Å². The summed E-state index contributed by atoms with van der Waals surface area (Å²) in [6.45, 7) is 9.74.